The van der Waals surface area contributed by atoms with E-state index in [0.717, 1.165) is 0 Å². The second kappa shape index (κ2) is 10.6. The first-order valence-corrected chi connectivity index (χ1v) is 11.1. The predicted octanol–water partition coefficient (Wildman–Crippen LogP) is 3.17. The van der Waals surface area contributed by atoms with Crippen LogP contribution in [0.25, 0.3) is 0 Å². The van der Waals surface area contributed by atoms with Crippen molar-refractivity contribution < 1.29 is 27.4 Å². The lowest BCUT2D eigenvalue weighted by atomic mass is 10.2. The number of methoxy groups -OCH3 is 2. The molecule has 0 saturated carbocycles. The van der Waals surface area contributed by atoms with Gasteiger partial charge < -0.3 is 19.5 Å². The molecule has 0 saturated heterocycles. The molecule has 0 spiro atoms. The highest BCUT2D eigenvalue weighted by Gasteiger charge is 2.18. The number of rotatable bonds is 10. The van der Waals surface area contributed by atoms with Crippen molar-refractivity contribution >= 4 is 27.3 Å². The molecule has 0 unspecified atom stereocenters. The summed E-state index contributed by atoms with van der Waals surface area (Å²) in [6.45, 7) is 0.631. The lowest BCUT2D eigenvalue weighted by Gasteiger charge is -2.12. The van der Waals surface area contributed by atoms with Crippen LogP contribution in [0.2, 0.25) is 0 Å². The number of aromatic nitrogens is 1. The minimum absolute atomic E-state index is 0.0521. The highest BCUT2D eigenvalue weighted by atomic mass is 32.2. The summed E-state index contributed by atoms with van der Waals surface area (Å²) >= 11 is 0. The Hall–Kier alpha value is -3.63. The second-order valence-corrected chi connectivity index (χ2v) is 8.20. The molecule has 10 heteroatoms. The van der Waals surface area contributed by atoms with Crippen LogP contribution in [0.1, 0.15) is 10.4 Å². The number of ether oxygens (including phenoxy) is 3. The predicted molar refractivity (Wildman–Crippen MR) is 120 cm³/mol. The number of sulfonamides is 1. The van der Waals surface area contributed by atoms with Crippen LogP contribution in [0.4, 0.5) is 11.4 Å². The quantitative estimate of drug-likeness (QED) is 0.449. The average Bonchev–Trinajstić information content (AvgIpc) is 2.80. The van der Waals surface area contributed by atoms with E-state index in [9.17, 15) is 13.2 Å². The molecule has 2 aromatic carbocycles. The molecule has 32 heavy (non-hydrogen) atoms. The van der Waals surface area contributed by atoms with Crippen molar-refractivity contribution in [3.05, 3.63) is 72.4 Å². The van der Waals surface area contributed by atoms with E-state index in [2.05, 4.69) is 15.0 Å². The van der Waals surface area contributed by atoms with Crippen LogP contribution in [-0.2, 0) is 14.8 Å². The van der Waals surface area contributed by atoms with Gasteiger partial charge in [0.05, 0.1) is 18.6 Å². The van der Waals surface area contributed by atoms with E-state index < -0.39 is 15.9 Å². The fraction of sp³-hybridized carbons (Fsp3) is 0.182. The van der Waals surface area contributed by atoms with Crippen molar-refractivity contribution in [3.8, 4) is 11.6 Å². The zero-order valence-electron chi connectivity index (χ0n) is 17.6. The van der Waals surface area contributed by atoms with Crippen LogP contribution >= 0.6 is 0 Å². The smallest absolute Gasteiger partial charge is 0.261 e. The fourth-order valence-electron chi connectivity index (χ4n) is 2.69. The van der Waals surface area contributed by atoms with Crippen LogP contribution in [0, 0.1) is 0 Å². The highest BCUT2D eigenvalue weighted by Crippen LogP contribution is 2.23. The number of anilines is 2. The summed E-state index contributed by atoms with van der Waals surface area (Å²) in [5, 5.41) is 2.70. The number of nitrogens with one attached hydrogen (secondary N) is 2. The Morgan fingerprint density at radius 3 is 2.50 bits per heavy atom. The van der Waals surface area contributed by atoms with Crippen molar-refractivity contribution in [2.75, 3.05) is 37.5 Å². The minimum Gasteiger partial charge on any atom is -0.497 e. The number of hydrogen-bond donors (Lipinski definition) is 2. The van der Waals surface area contributed by atoms with Gasteiger partial charge in [-0.15, -0.1) is 0 Å². The van der Waals surface area contributed by atoms with Crippen molar-refractivity contribution in [1.29, 1.82) is 0 Å². The van der Waals surface area contributed by atoms with Gasteiger partial charge in [-0.1, -0.05) is 6.07 Å². The third kappa shape index (κ3) is 5.96. The third-order valence-electron chi connectivity index (χ3n) is 4.29. The van der Waals surface area contributed by atoms with E-state index in [1.54, 1.807) is 43.5 Å². The van der Waals surface area contributed by atoms with Gasteiger partial charge in [0.15, 0.2) is 0 Å². The first-order chi connectivity index (χ1) is 15.4. The summed E-state index contributed by atoms with van der Waals surface area (Å²) in [7, 11) is -0.832. The van der Waals surface area contributed by atoms with Gasteiger partial charge in [-0.2, -0.15) is 0 Å². The number of carbonyl (C=O) groups excluding carboxylic acids is 1. The van der Waals surface area contributed by atoms with Gasteiger partial charge in [-0.3, -0.25) is 9.52 Å². The van der Waals surface area contributed by atoms with Crippen LogP contribution < -0.4 is 19.5 Å². The molecule has 1 amide bonds. The van der Waals surface area contributed by atoms with Crippen molar-refractivity contribution in [2.24, 2.45) is 0 Å². The van der Waals surface area contributed by atoms with E-state index in [4.69, 9.17) is 14.2 Å². The zero-order chi connectivity index (χ0) is 23.0. The van der Waals surface area contributed by atoms with E-state index >= 15 is 0 Å². The largest absolute Gasteiger partial charge is 0.497 e. The summed E-state index contributed by atoms with van der Waals surface area (Å²) in [6, 6.07) is 15.5. The molecule has 168 valence electrons. The Morgan fingerprint density at radius 2 is 1.78 bits per heavy atom. The van der Waals surface area contributed by atoms with Crippen molar-refractivity contribution in [1.82, 2.24) is 4.98 Å². The summed E-state index contributed by atoms with van der Waals surface area (Å²) in [4.78, 5) is 16.8. The Labute approximate surface area is 186 Å². The SMILES string of the molecule is COCCOc1ncccc1NC(=O)c1cccc(S(=O)(=O)Nc2ccc(OC)cc2)c1. The van der Waals surface area contributed by atoms with Crippen molar-refractivity contribution in [3.63, 3.8) is 0 Å². The number of nitrogens with zero attached hydrogens (tertiary/aromatic N) is 1. The van der Waals surface area contributed by atoms with E-state index in [1.165, 1.54) is 37.6 Å². The van der Waals surface area contributed by atoms with Gasteiger partial charge in [0.25, 0.3) is 15.9 Å². The summed E-state index contributed by atoms with van der Waals surface area (Å²) < 4.78 is 43.6. The molecule has 0 radical (unpaired) electrons. The molecule has 1 heterocycles. The molecule has 0 fully saturated rings. The Bertz CT molecular complexity index is 1170. The van der Waals surface area contributed by atoms with Crippen LogP contribution in [-0.4, -0.2) is 46.7 Å². The van der Waals surface area contributed by atoms with E-state index in [0.29, 0.717) is 23.7 Å². The highest BCUT2D eigenvalue weighted by molar-refractivity contribution is 7.92. The topological polar surface area (TPSA) is 116 Å². The zero-order valence-corrected chi connectivity index (χ0v) is 18.4. The summed E-state index contributed by atoms with van der Waals surface area (Å²) in [5.41, 5.74) is 0.890. The van der Waals surface area contributed by atoms with E-state index in [-0.39, 0.29) is 22.9 Å². The van der Waals surface area contributed by atoms with Gasteiger partial charge in [0.1, 0.15) is 18.0 Å². The molecule has 0 bridgehead atoms. The lowest BCUT2D eigenvalue weighted by Crippen LogP contribution is -2.17. The van der Waals surface area contributed by atoms with Gasteiger partial charge in [-0.05, 0) is 54.6 Å². The van der Waals surface area contributed by atoms with E-state index in [1.807, 2.05) is 0 Å². The molecule has 0 atom stereocenters. The molecule has 0 aliphatic heterocycles. The maximum Gasteiger partial charge on any atom is 0.261 e. The number of benzene rings is 2. The molecule has 3 rings (SSSR count). The lowest BCUT2D eigenvalue weighted by molar-refractivity contribution is 0.102. The molecule has 2 N–H and O–H groups in total. The van der Waals surface area contributed by atoms with Crippen molar-refractivity contribution in [2.45, 2.75) is 4.90 Å². The maximum absolute atomic E-state index is 12.8. The minimum atomic E-state index is -3.91. The van der Waals surface area contributed by atoms with Crippen LogP contribution in [0.5, 0.6) is 11.6 Å². The standard InChI is InChI=1S/C22H23N3O6S/c1-29-13-14-31-22-20(7-4-12-23-22)24-21(26)16-5-3-6-19(15-16)32(27,28)25-17-8-10-18(30-2)11-9-17/h3-12,15,25H,13-14H2,1-2H3,(H,24,26). The Morgan fingerprint density at radius 1 is 1.00 bits per heavy atom. The Balaban J connectivity index is 1.76. The summed E-state index contributed by atoms with van der Waals surface area (Å²) in [6.07, 6.45) is 1.54. The molecule has 1 aromatic heterocycles. The fourth-order valence-corrected chi connectivity index (χ4v) is 3.80. The van der Waals surface area contributed by atoms with Gasteiger partial charge in [0, 0.05) is 24.6 Å². The number of carbonyl (C=O) groups is 1. The normalized spacial score (nSPS) is 10.9. The average molecular weight is 458 g/mol. The monoisotopic (exact) mass is 457 g/mol. The molecule has 0 aliphatic rings. The first kappa shape index (κ1) is 23.0. The second-order valence-electron chi connectivity index (χ2n) is 6.51. The molecule has 3 aromatic rings. The number of amides is 1. The van der Waals surface area contributed by atoms with Gasteiger partial charge in [0.2, 0.25) is 5.88 Å². The molecular formula is C22H23N3O6S. The maximum atomic E-state index is 12.8. The van der Waals surface area contributed by atoms with Crippen LogP contribution in [0.3, 0.4) is 0 Å². The number of hydrogen-bond acceptors (Lipinski definition) is 7. The Kier molecular flexibility index (Phi) is 7.63. The van der Waals surface area contributed by atoms with Gasteiger partial charge >= 0.3 is 0 Å². The van der Waals surface area contributed by atoms with Crippen LogP contribution in [0.15, 0.2) is 71.8 Å². The molecule has 9 nitrogen and oxygen atoms in total. The first-order valence-electron chi connectivity index (χ1n) is 9.58. The number of pyridine rings is 1. The third-order valence-corrected chi connectivity index (χ3v) is 5.67. The molecule has 0 aliphatic carbocycles. The van der Waals surface area contributed by atoms with Gasteiger partial charge in [-0.25, -0.2) is 13.4 Å². The molecular weight excluding hydrogens is 434 g/mol. The summed E-state index contributed by atoms with van der Waals surface area (Å²) in [5.74, 6) is 0.339.